The molecule has 2 rings (SSSR count). The van der Waals surface area contributed by atoms with Crippen molar-refractivity contribution < 1.29 is 19.8 Å². The highest BCUT2D eigenvalue weighted by atomic mass is 16.3. The first-order valence-corrected chi connectivity index (χ1v) is 8.65. The quantitative estimate of drug-likeness (QED) is 0.556. The van der Waals surface area contributed by atoms with E-state index in [4.69, 9.17) is 19.8 Å². The molecule has 1 aromatic heterocycles. The Morgan fingerprint density at radius 1 is 1.23 bits per heavy atom. The summed E-state index contributed by atoms with van der Waals surface area (Å²) in [5, 5.41) is 20.3. The van der Waals surface area contributed by atoms with E-state index >= 15 is 0 Å². The van der Waals surface area contributed by atoms with E-state index in [1.54, 1.807) is 6.20 Å². The van der Waals surface area contributed by atoms with Gasteiger partial charge in [-0.2, -0.15) is 4.98 Å². The Balaban J connectivity index is 0.000000918. The Labute approximate surface area is 154 Å². The van der Waals surface area contributed by atoms with Crippen molar-refractivity contribution in [3.8, 4) is 0 Å². The van der Waals surface area contributed by atoms with Crippen LogP contribution in [0.2, 0.25) is 0 Å². The van der Waals surface area contributed by atoms with Gasteiger partial charge in [0.25, 0.3) is 12.9 Å². The lowest BCUT2D eigenvalue weighted by atomic mass is 9.80. The first-order chi connectivity index (χ1) is 12.5. The molecule has 0 aromatic carbocycles. The van der Waals surface area contributed by atoms with Gasteiger partial charge in [0, 0.05) is 25.3 Å². The zero-order chi connectivity index (χ0) is 19.8. The third kappa shape index (κ3) is 8.11. The minimum atomic E-state index is -0.250. The summed E-state index contributed by atoms with van der Waals surface area (Å²) in [7, 11) is 4.11. The fourth-order valence-corrected chi connectivity index (χ4v) is 3.07. The molecule has 0 amide bonds. The van der Waals surface area contributed by atoms with Crippen LogP contribution in [-0.4, -0.2) is 70.7 Å². The molecule has 0 bridgehead atoms. The highest BCUT2D eigenvalue weighted by Crippen LogP contribution is 2.32. The van der Waals surface area contributed by atoms with Crippen LogP contribution in [0.3, 0.4) is 0 Å². The number of carbonyl (C=O) groups is 2. The fraction of sp³-hybridized carbons (Fsp3) is 0.647. The van der Waals surface area contributed by atoms with Gasteiger partial charge in [0.05, 0.1) is 0 Å². The second-order valence-corrected chi connectivity index (χ2v) is 5.88. The zero-order valence-electron chi connectivity index (χ0n) is 15.8. The topological polar surface area (TPSA) is 128 Å². The molecule has 9 nitrogen and oxygen atoms in total. The van der Waals surface area contributed by atoms with Gasteiger partial charge in [-0.3, -0.25) is 14.5 Å². The summed E-state index contributed by atoms with van der Waals surface area (Å²) in [6.45, 7) is 3.73. The van der Waals surface area contributed by atoms with Crippen LogP contribution in [0.15, 0.2) is 12.3 Å². The van der Waals surface area contributed by atoms with Crippen molar-refractivity contribution in [1.82, 2.24) is 14.9 Å². The molecule has 1 saturated carbocycles. The number of likely N-dealkylation sites (N-methyl/N-ethyl adjacent to an activating group) is 1. The monoisotopic (exact) mass is 369 g/mol. The normalized spacial score (nSPS) is 14.8. The molecular weight excluding hydrogens is 338 g/mol. The highest BCUT2D eigenvalue weighted by Gasteiger charge is 2.35. The van der Waals surface area contributed by atoms with Gasteiger partial charge >= 0.3 is 0 Å². The molecule has 0 spiro atoms. The fourth-order valence-electron chi connectivity index (χ4n) is 3.07. The molecule has 148 valence electrons. The van der Waals surface area contributed by atoms with Gasteiger partial charge in [-0.25, -0.2) is 4.98 Å². The Morgan fingerprint density at radius 2 is 1.81 bits per heavy atom. The lowest BCUT2D eigenvalue weighted by molar-refractivity contribution is -0.123. The smallest absolute Gasteiger partial charge is 0.290 e. The van der Waals surface area contributed by atoms with Crippen molar-refractivity contribution in [1.29, 1.82) is 0 Å². The average molecular weight is 369 g/mol. The summed E-state index contributed by atoms with van der Waals surface area (Å²) < 4.78 is 0. The molecule has 0 atom stereocenters. The van der Waals surface area contributed by atoms with Crippen LogP contribution in [0.25, 0.3) is 0 Å². The summed E-state index contributed by atoms with van der Waals surface area (Å²) in [5.41, 5.74) is 0.256. The number of rotatable bonds is 6. The van der Waals surface area contributed by atoms with Crippen molar-refractivity contribution in [2.24, 2.45) is 0 Å². The van der Waals surface area contributed by atoms with Crippen LogP contribution in [0, 0.1) is 0 Å². The van der Waals surface area contributed by atoms with E-state index in [1.807, 2.05) is 13.1 Å². The number of anilines is 2. The standard InChI is InChI=1S/C15H27N5.2CH2O2/c1-4-20(3)15(9-6-5-7-10-15)12-18-14-17-11-8-13(16-2)19-14;2*2-1-3/h8,11H,4-7,9-10,12H2,1-3H3,(H2,16,17,18,19);2*1H,(H,2,3). The highest BCUT2D eigenvalue weighted by molar-refractivity contribution is 5.39. The van der Waals surface area contributed by atoms with Crippen LogP contribution in [0.5, 0.6) is 0 Å². The number of aromatic nitrogens is 2. The van der Waals surface area contributed by atoms with Crippen molar-refractivity contribution in [2.75, 3.05) is 37.8 Å². The minimum Gasteiger partial charge on any atom is -0.483 e. The molecule has 1 fully saturated rings. The lowest BCUT2D eigenvalue weighted by Crippen LogP contribution is -2.52. The number of carboxylic acid groups (broad SMARTS) is 2. The molecule has 26 heavy (non-hydrogen) atoms. The van der Waals surface area contributed by atoms with E-state index in [-0.39, 0.29) is 18.5 Å². The van der Waals surface area contributed by atoms with Gasteiger partial charge < -0.3 is 20.8 Å². The number of hydrogen-bond acceptors (Lipinski definition) is 7. The number of nitrogens with zero attached hydrogens (tertiary/aromatic N) is 3. The van der Waals surface area contributed by atoms with Crippen molar-refractivity contribution in [3.63, 3.8) is 0 Å². The molecule has 9 heteroatoms. The van der Waals surface area contributed by atoms with E-state index in [9.17, 15) is 0 Å². The van der Waals surface area contributed by atoms with Crippen molar-refractivity contribution in [3.05, 3.63) is 12.3 Å². The Hall–Kier alpha value is -2.42. The van der Waals surface area contributed by atoms with Crippen LogP contribution in [-0.2, 0) is 9.59 Å². The molecule has 0 unspecified atom stereocenters. The Bertz CT molecular complexity index is 504. The largest absolute Gasteiger partial charge is 0.483 e. The summed E-state index contributed by atoms with van der Waals surface area (Å²) in [6, 6.07) is 1.87. The van der Waals surface area contributed by atoms with Gasteiger partial charge in [-0.1, -0.05) is 26.2 Å². The second-order valence-electron chi connectivity index (χ2n) is 5.88. The van der Waals surface area contributed by atoms with Crippen LogP contribution in [0.1, 0.15) is 39.0 Å². The van der Waals surface area contributed by atoms with E-state index in [0.717, 1.165) is 18.9 Å². The summed E-state index contributed by atoms with van der Waals surface area (Å²) in [5.74, 6) is 1.57. The summed E-state index contributed by atoms with van der Waals surface area (Å²) in [4.78, 5) is 28.0. The molecule has 1 heterocycles. The third-order valence-electron chi connectivity index (χ3n) is 4.56. The Morgan fingerprint density at radius 3 is 2.31 bits per heavy atom. The number of nitrogens with one attached hydrogen (secondary N) is 2. The van der Waals surface area contributed by atoms with Gasteiger partial charge in [-0.05, 0) is 32.5 Å². The second kappa shape index (κ2) is 13.8. The van der Waals surface area contributed by atoms with Crippen molar-refractivity contribution in [2.45, 2.75) is 44.6 Å². The Kier molecular flexibility index (Phi) is 12.5. The van der Waals surface area contributed by atoms with Gasteiger partial charge in [-0.15, -0.1) is 0 Å². The SMILES string of the molecule is CCN(C)C1(CNc2nccc(NC)n2)CCCCC1.O=CO.O=CO. The van der Waals surface area contributed by atoms with E-state index in [1.165, 1.54) is 32.1 Å². The lowest BCUT2D eigenvalue weighted by Gasteiger charge is -2.44. The predicted octanol–water partition coefficient (Wildman–Crippen LogP) is 1.99. The van der Waals surface area contributed by atoms with Gasteiger partial charge in [0.15, 0.2) is 0 Å². The maximum absolute atomic E-state index is 8.36. The molecule has 4 N–H and O–H groups in total. The third-order valence-corrected chi connectivity index (χ3v) is 4.56. The van der Waals surface area contributed by atoms with Crippen molar-refractivity contribution >= 4 is 24.7 Å². The molecule has 0 radical (unpaired) electrons. The van der Waals surface area contributed by atoms with Gasteiger partial charge in [0.1, 0.15) is 5.82 Å². The maximum atomic E-state index is 8.36. The van der Waals surface area contributed by atoms with Crippen LogP contribution in [0.4, 0.5) is 11.8 Å². The maximum Gasteiger partial charge on any atom is 0.290 e. The molecule has 1 aromatic rings. The molecule has 0 saturated heterocycles. The molecule has 1 aliphatic carbocycles. The first kappa shape index (κ1) is 23.6. The first-order valence-electron chi connectivity index (χ1n) is 8.65. The zero-order valence-corrected chi connectivity index (χ0v) is 15.8. The molecular formula is C17H31N5O4. The van der Waals surface area contributed by atoms with Crippen LogP contribution < -0.4 is 10.6 Å². The average Bonchev–Trinajstić information content (AvgIpc) is 2.68. The molecule has 1 aliphatic rings. The van der Waals surface area contributed by atoms with E-state index in [2.05, 4.69) is 39.5 Å². The van der Waals surface area contributed by atoms with Crippen LogP contribution >= 0.6 is 0 Å². The van der Waals surface area contributed by atoms with E-state index in [0.29, 0.717) is 5.95 Å². The predicted molar refractivity (Wildman–Crippen MR) is 102 cm³/mol. The summed E-state index contributed by atoms with van der Waals surface area (Å²) >= 11 is 0. The van der Waals surface area contributed by atoms with E-state index < -0.39 is 0 Å². The van der Waals surface area contributed by atoms with Gasteiger partial charge in [0.2, 0.25) is 5.95 Å². The minimum absolute atomic E-state index is 0.250. The summed E-state index contributed by atoms with van der Waals surface area (Å²) in [6.07, 6.45) is 8.32. The molecule has 0 aliphatic heterocycles. The number of hydrogen-bond donors (Lipinski definition) is 4.